The van der Waals surface area contributed by atoms with Gasteiger partial charge in [-0.25, -0.2) is 4.79 Å². The lowest BCUT2D eigenvalue weighted by atomic mass is 10.1. The lowest BCUT2D eigenvalue weighted by Crippen LogP contribution is -2.44. The predicted octanol–water partition coefficient (Wildman–Crippen LogP) is 2.87. The smallest absolute Gasteiger partial charge is 0.315 e. The topological polar surface area (TPSA) is 74.5 Å². The van der Waals surface area contributed by atoms with E-state index in [1.165, 1.54) is 0 Å². The van der Waals surface area contributed by atoms with Crippen molar-refractivity contribution in [2.45, 2.75) is 39.3 Å². The van der Waals surface area contributed by atoms with Gasteiger partial charge in [0.15, 0.2) is 0 Å². The van der Waals surface area contributed by atoms with Crippen molar-refractivity contribution in [1.82, 2.24) is 10.6 Å². The van der Waals surface area contributed by atoms with Crippen LogP contribution >= 0.6 is 0 Å². The quantitative estimate of drug-likeness (QED) is 0.792. The Kier molecular flexibility index (Phi) is 4.85. The largest absolute Gasteiger partial charge is 0.459 e. The minimum absolute atomic E-state index is 0.0675. The molecule has 2 aromatic rings. The molecule has 2 rings (SSSR count). The van der Waals surface area contributed by atoms with Gasteiger partial charge in [0, 0.05) is 10.9 Å². The molecular formula is C16H22N2O3. The van der Waals surface area contributed by atoms with Gasteiger partial charge in [-0.1, -0.05) is 25.1 Å². The molecule has 1 heterocycles. The van der Waals surface area contributed by atoms with Crippen LogP contribution in [-0.2, 0) is 0 Å². The molecule has 0 bridgehead atoms. The number of carbonyl (C=O) groups excluding carboxylic acids is 1. The van der Waals surface area contributed by atoms with Gasteiger partial charge < -0.3 is 20.2 Å². The molecular weight excluding hydrogens is 268 g/mol. The Morgan fingerprint density at radius 1 is 1.33 bits per heavy atom. The van der Waals surface area contributed by atoms with E-state index in [1.807, 2.05) is 45.0 Å². The van der Waals surface area contributed by atoms with Crippen molar-refractivity contribution < 1.29 is 14.3 Å². The average Bonchev–Trinajstić information content (AvgIpc) is 2.82. The number of amides is 2. The van der Waals surface area contributed by atoms with E-state index >= 15 is 0 Å². The highest BCUT2D eigenvalue weighted by atomic mass is 16.3. The first-order valence-electron chi connectivity index (χ1n) is 7.22. The number of benzene rings is 1. The van der Waals surface area contributed by atoms with E-state index in [4.69, 9.17) is 9.52 Å². The number of carbonyl (C=O) groups is 1. The summed E-state index contributed by atoms with van der Waals surface area (Å²) in [5, 5.41) is 15.7. The number of fused-ring (bicyclic) bond motifs is 1. The predicted molar refractivity (Wildman–Crippen MR) is 82.2 cm³/mol. The van der Waals surface area contributed by atoms with Crippen molar-refractivity contribution in [2.24, 2.45) is 0 Å². The zero-order valence-electron chi connectivity index (χ0n) is 12.6. The second-order valence-corrected chi connectivity index (χ2v) is 5.21. The highest BCUT2D eigenvalue weighted by Gasteiger charge is 2.19. The minimum Gasteiger partial charge on any atom is -0.459 e. The van der Waals surface area contributed by atoms with Crippen molar-refractivity contribution >= 4 is 17.0 Å². The number of hydrogen-bond donors (Lipinski definition) is 3. The zero-order valence-corrected chi connectivity index (χ0v) is 12.6. The molecule has 2 unspecified atom stereocenters. The van der Waals surface area contributed by atoms with Crippen molar-refractivity contribution in [3.05, 3.63) is 35.6 Å². The molecule has 2 amide bonds. The van der Waals surface area contributed by atoms with Crippen LogP contribution in [0.2, 0.25) is 0 Å². The summed E-state index contributed by atoms with van der Waals surface area (Å²) < 4.78 is 5.83. The second-order valence-electron chi connectivity index (χ2n) is 5.21. The molecule has 114 valence electrons. The summed E-state index contributed by atoms with van der Waals surface area (Å²) >= 11 is 0. The fourth-order valence-electron chi connectivity index (χ4n) is 2.37. The fraction of sp³-hybridized carbons (Fsp3) is 0.438. The van der Waals surface area contributed by atoms with Crippen LogP contribution in [0.15, 0.2) is 28.7 Å². The highest BCUT2D eigenvalue weighted by molar-refractivity contribution is 5.82. The Hall–Kier alpha value is -2.01. The first kappa shape index (κ1) is 15.4. The van der Waals surface area contributed by atoms with Crippen LogP contribution in [0.3, 0.4) is 0 Å². The summed E-state index contributed by atoms with van der Waals surface area (Å²) in [6.45, 7) is 5.71. The number of aliphatic hydroxyl groups excluding tert-OH is 1. The van der Waals surface area contributed by atoms with Gasteiger partial charge in [0.05, 0.1) is 18.7 Å². The van der Waals surface area contributed by atoms with Gasteiger partial charge in [0.25, 0.3) is 0 Å². The van der Waals surface area contributed by atoms with Crippen LogP contribution in [0.5, 0.6) is 0 Å². The van der Waals surface area contributed by atoms with Crippen molar-refractivity contribution in [3.8, 4) is 0 Å². The Morgan fingerprint density at radius 2 is 2.05 bits per heavy atom. The van der Waals surface area contributed by atoms with Crippen LogP contribution in [0.1, 0.15) is 37.6 Å². The Bertz CT molecular complexity index is 617. The molecule has 0 saturated heterocycles. The van der Waals surface area contributed by atoms with E-state index in [9.17, 15) is 4.79 Å². The van der Waals surface area contributed by atoms with Crippen LogP contribution in [0.4, 0.5) is 4.79 Å². The maximum absolute atomic E-state index is 11.9. The molecule has 5 heteroatoms. The summed E-state index contributed by atoms with van der Waals surface area (Å²) in [6.07, 6.45) is 0.683. The molecule has 0 spiro atoms. The molecule has 0 saturated carbocycles. The molecule has 0 aliphatic rings. The average molecular weight is 290 g/mol. The SMILES string of the molecule is CCC(CO)NC(=O)NC(C)c1oc2ccccc2c1C. The normalized spacial score (nSPS) is 13.9. The monoisotopic (exact) mass is 290 g/mol. The summed E-state index contributed by atoms with van der Waals surface area (Å²) in [4.78, 5) is 11.9. The van der Waals surface area contributed by atoms with E-state index in [2.05, 4.69) is 10.6 Å². The summed E-state index contributed by atoms with van der Waals surface area (Å²) in [6, 6.07) is 7.03. The maximum Gasteiger partial charge on any atom is 0.315 e. The molecule has 1 aromatic heterocycles. The molecule has 1 aromatic carbocycles. The Morgan fingerprint density at radius 3 is 2.67 bits per heavy atom. The highest BCUT2D eigenvalue weighted by Crippen LogP contribution is 2.28. The lowest BCUT2D eigenvalue weighted by Gasteiger charge is -2.17. The number of rotatable bonds is 5. The molecule has 0 aliphatic heterocycles. The van der Waals surface area contributed by atoms with Crippen molar-refractivity contribution in [2.75, 3.05) is 6.61 Å². The van der Waals surface area contributed by atoms with E-state index in [-0.39, 0.29) is 24.7 Å². The van der Waals surface area contributed by atoms with Crippen LogP contribution in [-0.4, -0.2) is 23.8 Å². The molecule has 3 N–H and O–H groups in total. The third kappa shape index (κ3) is 3.36. The Labute approximate surface area is 124 Å². The first-order chi connectivity index (χ1) is 10.1. The van der Waals surface area contributed by atoms with Crippen LogP contribution in [0.25, 0.3) is 11.0 Å². The number of aryl methyl sites for hydroxylation is 1. The van der Waals surface area contributed by atoms with Gasteiger partial charge in [-0.05, 0) is 26.3 Å². The molecule has 0 aliphatic carbocycles. The number of nitrogens with one attached hydrogen (secondary N) is 2. The van der Waals surface area contributed by atoms with Gasteiger partial charge in [-0.3, -0.25) is 0 Å². The third-order valence-corrected chi connectivity index (χ3v) is 3.67. The molecule has 0 fully saturated rings. The van der Waals surface area contributed by atoms with Gasteiger partial charge in [-0.2, -0.15) is 0 Å². The van der Waals surface area contributed by atoms with Crippen LogP contribution < -0.4 is 10.6 Å². The molecule has 0 radical (unpaired) electrons. The van der Waals surface area contributed by atoms with Gasteiger partial charge in [0.1, 0.15) is 11.3 Å². The second kappa shape index (κ2) is 6.63. The van der Waals surface area contributed by atoms with E-state index in [0.717, 1.165) is 22.3 Å². The number of hydrogen-bond acceptors (Lipinski definition) is 3. The van der Waals surface area contributed by atoms with Crippen molar-refractivity contribution in [3.63, 3.8) is 0 Å². The van der Waals surface area contributed by atoms with Gasteiger partial charge in [-0.15, -0.1) is 0 Å². The lowest BCUT2D eigenvalue weighted by molar-refractivity contribution is 0.211. The third-order valence-electron chi connectivity index (χ3n) is 3.67. The first-order valence-corrected chi connectivity index (χ1v) is 7.22. The van der Waals surface area contributed by atoms with Gasteiger partial charge in [0.2, 0.25) is 0 Å². The van der Waals surface area contributed by atoms with Gasteiger partial charge >= 0.3 is 6.03 Å². The standard InChI is InChI=1S/C16H22N2O3/c1-4-12(9-19)18-16(20)17-11(3)15-10(2)13-7-5-6-8-14(13)21-15/h5-8,11-12,19H,4,9H2,1-3H3,(H2,17,18,20). The summed E-state index contributed by atoms with van der Waals surface area (Å²) in [7, 11) is 0. The summed E-state index contributed by atoms with van der Waals surface area (Å²) in [5.41, 5.74) is 1.86. The number of aliphatic hydroxyl groups is 1. The maximum atomic E-state index is 11.9. The number of urea groups is 1. The number of para-hydroxylation sites is 1. The van der Waals surface area contributed by atoms with Crippen LogP contribution in [0, 0.1) is 6.92 Å². The molecule has 2 atom stereocenters. The zero-order chi connectivity index (χ0) is 15.4. The van der Waals surface area contributed by atoms with E-state index in [0.29, 0.717) is 6.42 Å². The fourth-order valence-corrected chi connectivity index (χ4v) is 2.37. The molecule has 21 heavy (non-hydrogen) atoms. The number of furan rings is 1. The Balaban J connectivity index is 2.10. The van der Waals surface area contributed by atoms with E-state index in [1.54, 1.807) is 0 Å². The minimum atomic E-state index is -0.303. The van der Waals surface area contributed by atoms with E-state index < -0.39 is 0 Å². The summed E-state index contributed by atoms with van der Waals surface area (Å²) in [5.74, 6) is 0.753. The molecule has 5 nitrogen and oxygen atoms in total. The van der Waals surface area contributed by atoms with Crippen molar-refractivity contribution in [1.29, 1.82) is 0 Å².